The number of benzene rings is 1. The van der Waals surface area contributed by atoms with Gasteiger partial charge in [-0.1, -0.05) is 18.2 Å². The lowest BCUT2D eigenvalue weighted by Crippen LogP contribution is -2.24. The van der Waals surface area contributed by atoms with E-state index < -0.39 is 5.56 Å². The number of ether oxygens (including phenoxy) is 1. The Morgan fingerprint density at radius 1 is 1.33 bits per heavy atom. The number of hydrogen-bond donors (Lipinski definition) is 1. The molecule has 0 amide bonds. The van der Waals surface area contributed by atoms with Crippen LogP contribution in [0.4, 0.5) is 0 Å². The summed E-state index contributed by atoms with van der Waals surface area (Å²) in [6, 6.07) is 12.7. The summed E-state index contributed by atoms with van der Waals surface area (Å²) in [4.78, 5) is 12.5. The number of para-hydroxylation sites is 1. The van der Waals surface area contributed by atoms with Crippen molar-refractivity contribution in [2.45, 2.75) is 13.3 Å². The topological polar surface area (TPSA) is 75.2 Å². The highest BCUT2D eigenvalue weighted by molar-refractivity contribution is 5.46. The van der Waals surface area contributed by atoms with Crippen molar-refractivity contribution in [2.24, 2.45) is 0 Å². The molecule has 0 aliphatic heterocycles. The van der Waals surface area contributed by atoms with Crippen molar-refractivity contribution in [2.75, 3.05) is 13.2 Å². The fraction of sp³-hybridized carbons (Fsp3) is 0.250. The molecule has 0 aliphatic carbocycles. The van der Waals surface area contributed by atoms with E-state index in [4.69, 9.17) is 9.84 Å². The maximum absolute atomic E-state index is 12.5. The Morgan fingerprint density at radius 2 is 2.05 bits per heavy atom. The predicted molar refractivity (Wildman–Crippen MR) is 78.7 cm³/mol. The van der Waals surface area contributed by atoms with Crippen LogP contribution in [0.3, 0.4) is 0 Å². The van der Waals surface area contributed by atoms with Crippen LogP contribution in [0, 0.1) is 18.3 Å². The van der Waals surface area contributed by atoms with Crippen LogP contribution >= 0.6 is 0 Å². The van der Waals surface area contributed by atoms with Crippen LogP contribution < -0.4 is 10.3 Å². The first-order chi connectivity index (χ1) is 10.2. The number of pyridine rings is 1. The minimum absolute atomic E-state index is 0.00193. The van der Waals surface area contributed by atoms with Gasteiger partial charge in [-0.2, -0.15) is 5.26 Å². The van der Waals surface area contributed by atoms with Gasteiger partial charge in [-0.25, -0.2) is 0 Å². The average molecular weight is 284 g/mol. The maximum Gasteiger partial charge on any atom is 0.277 e. The Kier molecular flexibility index (Phi) is 4.75. The van der Waals surface area contributed by atoms with Crippen LogP contribution in [0.5, 0.6) is 5.75 Å². The summed E-state index contributed by atoms with van der Waals surface area (Å²) >= 11 is 0. The standard InChI is InChI=1S/C16H16N2O3/c1-12-10-15(21-9-5-8-19)14(11-17)16(20)18(12)13-6-3-2-4-7-13/h2-4,6-7,10,19H,5,8-9H2,1H3. The SMILES string of the molecule is Cc1cc(OCCCO)c(C#N)c(=O)n1-c1ccccc1. The molecule has 1 heterocycles. The summed E-state index contributed by atoms with van der Waals surface area (Å²) in [5.41, 5.74) is 0.965. The van der Waals surface area contributed by atoms with Crippen LogP contribution in [0.2, 0.25) is 0 Å². The zero-order valence-electron chi connectivity index (χ0n) is 11.7. The van der Waals surface area contributed by atoms with E-state index >= 15 is 0 Å². The molecule has 108 valence electrons. The molecule has 1 aromatic heterocycles. The van der Waals surface area contributed by atoms with E-state index in [-0.39, 0.29) is 24.5 Å². The molecule has 0 bridgehead atoms. The van der Waals surface area contributed by atoms with Gasteiger partial charge < -0.3 is 9.84 Å². The largest absolute Gasteiger partial charge is 0.492 e. The normalized spacial score (nSPS) is 10.1. The van der Waals surface area contributed by atoms with Gasteiger partial charge in [-0.15, -0.1) is 0 Å². The summed E-state index contributed by atoms with van der Waals surface area (Å²) in [6.45, 7) is 2.05. The third-order valence-electron chi connectivity index (χ3n) is 3.04. The third kappa shape index (κ3) is 3.12. The molecule has 0 fully saturated rings. The van der Waals surface area contributed by atoms with Crippen LogP contribution in [0.25, 0.3) is 5.69 Å². The lowest BCUT2D eigenvalue weighted by Gasteiger charge is -2.14. The second-order valence-electron chi connectivity index (χ2n) is 4.54. The van der Waals surface area contributed by atoms with Crippen molar-refractivity contribution < 1.29 is 9.84 Å². The van der Waals surface area contributed by atoms with Gasteiger partial charge in [0.1, 0.15) is 11.8 Å². The number of aryl methyl sites for hydroxylation is 1. The van der Waals surface area contributed by atoms with E-state index in [1.807, 2.05) is 36.4 Å². The minimum Gasteiger partial charge on any atom is -0.492 e. The van der Waals surface area contributed by atoms with Gasteiger partial charge in [0.05, 0.1) is 6.61 Å². The van der Waals surface area contributed by atoms with Crippen LogP contribution in [-0.4, -0.2) is 22.9 Å². The highest BCUT2D eigenvalue weighted by atomic mass is 16.5. The molecule has 2 rings (SSSR count). The molecule has 0 radical (unpaired) electrons. The number of aliphatic hydroxyl groups is 1. The lowest BCUT2D eigenvalue weighted by molar-refractivity contribution is 0.233. The average Bonchev–Trinajstić information content (AvgIpc) is 2.48. The van der Waals surface area contributed by atoms with Crippen molar-refractivity contribution in [1.29, 1.82) is 5.26 Å². The van der Waals surface area contributed by atoms with Gasteiger partial charge in [0.2, 0.25) is 0 Å². The second-order valence-corrected chi connectivity index (χ2v) is 4.54. The van der Waals surface area contributed by atoms with E-state index in [9.17, 15) is 10.1 Å². The molecule has 0 aliphatic rings. The van der Waals surface area contributed by atoms with E-state index in [2.05, 4.69) is 0 Å². The molecule has 0 saturated carbocycles. The molecule has 5 heteroatoms. The fourth-order valence-electron chi connectivity index (χ4n) is 2.07. The Labute approximate surface area is 122 Å². The van der Waals surface area contributed by atoms with Gasteiger partial charge in [-0.05, 0) is 19.1 Å². The van der Waals surface area contributed by atoms with Crippen molar-refractivity contribution in [1.82, 2.24) is 4.57 Å². The lowest BCUT2D eigenvalue weighted by atomic mass is 10.2. The number of nitriles is 1. The Morgan fingerprint density at radius 3 is 2.67 bits per heavy atom. The molecule has 2 aromatic rings. The fourth-order valence-corrected chi connectivity index (χ4v) is 2.07. The molecular formula is C16H16N2O3. The molecule has 0 spiro atoms. The van der Waals surface area contributed by atoms with Crippen molar-refractivity contribution in [3.63, 3.8) is 0 Å². The zero-order chi connectivity index (χ0) is 15.2. The number of hydrogen-bond acceptors (Lipinski definition) is 4. The van der Waals surface area contributed by atoms with Crippen LogP contribution in [-0.2, 0) is 0 Å². The molecule has 0 atom stereocenters. The van der Waals surface area contributed by atoms with Crippen LogP contribution in [0.15, 0.2) is 41.2 Å². The van der Waals surface area contributed by atoms with Gasteiger partial charge in [0.15, 0.2) is 5.56 Å². The van der Waals surface area contributed by atoms with Gasteiger partial charge >= 0.3 is 0 Å². The molecule has 1 N–H and O–H groups in total. The van der Waals surface area contributed by atoms with Crippen molar-refractivity contribution >= 4 is 0 Å². The van der Waals surface area contributed by atoms with Gasteiger partial charge in [-0.3, -0.25) is 9.36 Å². The van der Waals surface area contributed by atoms with Crippen LogP contribution in [0.1, 0.15) is 17.7 Å². The summed E-state index contributed by atoms with van der Waals surface area (Å²) in [5, 5.41) is 18.0. The highest BCUT2D eigenvalue weighted by Crippen LogP contribution is 2.18. The molecule has 1 aromatic carbocycles. The first-order valence-corrected chi connectivity index (χ1v) is 6.65. The maximum atomic E-state index is 12.5. The quantitative estimate of drug-likeness (QED) is 0.849. The first kappa shape index (κ1) is 14.8. The summed E-state index contributed by atoms with van der Waals surface area (Å²) < 4.78 is 6.91. The van der Waals surface area contributed by atoms with Crippen molar-refractivity contribution in [3.8, 4) is 17.5 Å². The molecule has 21 heavy (non-hydrogen) atoms. The number of rotatable bonds is 5. The van der Waals surface area contributed by atoms with Gasteiger partial charge in [0, 0.05) is 30.5 Å². The number of aromatic nitrogens is 1. The highest BCUT2D eigenvalue weighted by Gasteiger charge is 2.14. The van der Waals surface area contributed by atoms with E-state index in [0.717, 1.165) is 0 Å². The molecule has 0 saturated heterocycles. The number of aliphatic hydroxyl groups excluding tert-OH is 1. The van der Waals surface area contributed by atoms with E-state index in [1.54, 1.807) is 13.0 Å². The molecule has 0 unspecified atom stereocenters. The second kappa shape index (κ2) is 6.73. The monoisotopic (exact) mass is 284 g/mol. The smallest absolute Gasteiger partial charge is 0.277 e. The van der Waals surface area contributed by atoms with Crippen molar-refractivity contribution in [3.05, 3.63) is 58.0 Å². The Balaban J connectivity index is 2.51. The third-order valence-corrected chi connectivity index (χ3v) is 3.04. The first-order valence-electron chi connectivity index (χ1n) is 6.65. The predicted octanol–water partition coefficient (Wildman–Crippen LogP) is 1.78. The molecule has 5 nitrogen and oxygen atoms in total. The van der Waals surface area contributed by atoms with E-state index in [0.29, 0.717) is 17.8 Å². The summed E-state index contributed by atoms with van der Waals surface area (Å²) in [6.07, 6.45) is 0.450. The van der Waals surface area contributed by atoms with E-state index in [1.165, 1.54) is 4.57 Å². The van der Waals surface area contributed by atoms with Gasteiger partial charge in [0.25, 0.3) is 5.56 Å². The minimum atomic E-state index is -0.400. The Bertz CT molecular complexity index is 715. The zero-order valence-corrected chi connectivity index (χ0v) is 11.7. The Hall–Kier alpha value is -2.58. The number of nitrogens with zero attached hydrogens (tertiary/aromatic N) is 2. The summed E-state index contributed by atoms with van der Waals surface area (Å²) in [5.74, 6) is 0.264. The summed E-state index contributed by atoms with van der Waals surface area (Å²) in [7, 11) is 0. The molecular weight excluding hydrogens is 268 g/mol.